The fourth-order valence-corrected chi connectivity index (χ4v) is 14.0. The monoisotopic (exact) mass is 1110 g/mol. The van der Waals surface area contributed by atoms with Crippen LogP contribution in [0.15, 0.2) is 312 Å². The Balaban J connectivity index is 0.868. The SMILES string of the molecule is CC1(C)c2cc(N(c3cc(-c4ccccc4)cc(-c4ccccc4)c3)c3cccc4c3oc3ccccc34)ccc2-c2cc3ccc(N(c4cc(-c5ccccc5)cc(-c5ccccc5)c4)c4cccc5c4oc4ccccc45)cc3c3cccc1c23. The number of rotatable bonds is 10. The Labute approximate surface area is 504 Å². The molecular formula is C83H56N2O2. The van der Waals surface area contributed by atoms with Gasteiger partial charge >= 0.3 is 0 Å². The minimum atomic E-state index is -0.407. The molecule has 16 aromatic rings. The van der Waals surface area contributed by atoms with Gasteiger partial charge in [0.25, 0.3) is 0 Å². The minimum absolute atomic E-state index is 0.407. The maximum Gasteiger partial charge on any atom is 0.159 e. The van der Waals surface area contributed by atoms with E-state index in [0.29, 0.717) is 0 Å². The van der Waals surface area contributed by atoms with Gasteiger partial charge in [-0.25, -0.2) is 0 Å². The molecule has 0 atom stereocenters. The molecule has 1 aliphatic carbocycles. The lowest BCUT2D eigenvalue weighted by atomic mass is 9.68. The zero-order chi connectivity index (χ0) is 57.7. The van der Waals surface area contributed by atoms with E-state index >= 15 is 0 Å². The van der Waals surface area contributed by atoms with E-state index in [2.05, 4.69) is 327 Å². The van der Waals surface area contributed by atoms with Gasteiger partial charge in [-0.2, -0.15) is 0 Å². The molecule has 0 saturated heterocycles. The average molecular weight is 1110 g/mol. The van der Waals surface area contributed by atoms with Crippen molar-refractivity contribution in [2.24, 2.45) is 0 Å². The Hall–Kier alpha value is -11.2. The highest BCUT2D eigenvalue weighted by Gasteiger charge is 2.35. The summed E-state index contributed by atoms with van der Waals surface area (Å²) < 4.78 is 13.8. The first-order chi connectivity index (χ1) is 42.9. The van der Waals surface area contributed by atoms with Crippen molar-refractivity contribution < 1.29 is 8.83 Å². The van der Waals surface area contributed by atoms with Crippen molar-refractivity contribution in [3.8, 4) is 55.6 Å². The first-order valence-corrected chi connectivity index (χ1v) is 30.0. The van der Waals surface area contributed by atoms with Crippen LogP contribution in [0, 0.1) is 0 Å². The molecule has 4 nitrogen and oxygen atoms in total. The van der Waals surface area contributed by atoms with Gasteiger partial charge in [-0.15, -0.1) is 0 Å². The molecule has 1 aliphatic rings. The molecule has 0 N–H and O–H groups in total. The number of anilines is 6. The average Bonchev–Trinajstić information content (AvgIpc) is 1.29. The Morgan fingerprint density at radius 1 is 0.264 bits per heavy atom. The van der Waals surface area contributed by atoms with Crippen molar-refractivity contribution >= 4 is 99.5 Å². The topological polar surface area (TPSA) is 32.8 Å². The quantitative estimate of drug-likeness (QED) is 0.128. The highest BCUT2D eigenvalue weighted by atomic mass is 16.3. The summed E-state index contributed by atoms with van der Waals surface area (Å²) in [7, 11) is 0. The molecule has 0 saturated carbocycles. The van der Waals surface area contributed by atoms with E-state index in [1.54, 1.807) is 0 Å². The third-order valence-corrected chi connectivity index (χ3v) is 18.1. The van der Waals surface area contributed by atoms with Gasteiger partial charge in [-0.1, -0.05) is 226 Å². The maximum absolute atomic E-state index is 6.92. The largest absolute Gasteiger partial charge is 0.454 e. The van der Waals surface area contributed by atoms with Crippen molar-refractivity contribution in [1.82, 2.24) is 0 Å². The van der Waals surface area contributed by atoms with Crippen LogP contribution in [0.3, 0.4) is 0 Å². The summed E-state index contributed by atoms with van der Waals surface area (Å²) in [5, 5.41) is 9.21. The van der Waals surface area contributed by atoms with Gasteiger partial charge < -0.3 is 18.6 Å². The fraction of sp³-hybridized carbons (Fsp3) is 0.0361. The Bertz CT molecular complexity index is 5260. The van der Waals surface area contributed by atoms with Crippen LogP contribution in [0.1, 0.15) is 25.0 Å². The zero-order valence-electron chi connectivity index (χ0n) is 48.1. The summed E-state index contributed by atoms with van der Waals surface area (Å²) in [5.74, 6) is 0. The lowest BCUT2D eigenvalue weighted by molar-refractivity contribution is 0.645. The van der Waals surface area contributed by atoms with Crippen LogP contribution < -0.4 is 9.80 Å². The number of para-hydroxylation sites is 4. The molecule has 17 rings (SSSR count). The second-order valence-electron chi connectivity index (χ2n) is 23.6. The normalized spacial score (nSPS) is 12.6. The second-order valence-corrected chi connectivity index (χ2v) is 23.6. The number of hydrogen-bond donors (Lipinski definition) is 0. The van der Waals surface area contributed by atoms with Gasteiger partial charge in [0.15, 0.2) is 11.2 Å². The van der Waals surface area contributed by atoms with Crippen LogP contribution in [-0.4, -0.2) is 0 Å². The lowest BCUT2D eigenvalue weighted by Gasteiger charge is -2.37. The number of hydrogen-bond acceptors (Lipinski definition) is 4. The minimum Gasteiger partial charge on any atom is -0.454 e. The molecule has 0 spiro atoms. The van der Waals surface area contributed by atoms with E-state index in [0.717, 1.165) is 123 Å². The number of fused-ring (bicyclic) bond motifs is 10. The summed E-state index contributed by atoms with van der Waals surface area (Å²) in [6.45, 7) is 4.81. The second kappa shape index (κ2) is 20.0. The number of benzene rings is 14. The highest BCUT2D eigenvalue weighted by Crippen LogP contribution is 2.54. The van der Waals surface area contributed by atoms with Gasteiger partial charge in [0, 0.05) is 49.7 Å². The Morgan fingerprint density at radius 3 is 1.17 bits per heavy atom. The molecule has 2 aromatic heterocycles. The molecule has 0 aliphatic heterocycles. The molecule has 4 heteroatoms. The van der Waals surface area contributed by atoms with E-state index in [-0.39, 0.29) is 0 Å². The van der Waals surface area contributed by atoms with Crippen molar-refractivity contribution in [1.29, 1.82) is 0 Å². The molecule has 0 fully saturated rings. The van der Waals surface area contributed by atoms with Crippen molar-refractivity contribution in [3.05, 3.63) is 314 Å². The Morgan fingerprint density at radius 2 is 0.678 bits per heavy atom. The predicted octanol–water partition coefficient (Wildman–Crippen LogP) is 23.7. The summed E-state index contributed by atoms with van der Waals surface area (Å²) in [6.07, 6.45) is 0. The van der Waals surface area contributed by atoms with Crippen molar-refractivity contribution in [3.63, 3.8) is 0 Å². The first kappa shape index (κ1) is 50.3. The fourth-order valence-electron chi connectivity index (χ4n) is 14.0. The van der Waals surface area contributed by atoms with Crippen LogP contribution in [0.2, 0.25) is 0 Å². The summed E-state index contributed by atoms with van der Waals surface area (Å²) in [5.41, 5.74) is 23.3. The van der Waals surface area contributed by atoms with Gasteiger partial charge in [-0.3, -0.25) is 0 Å². The third-order valence-electron chi connectivity index (χ3n) is 18.1. The van der Waals surface area contributed by atoms with E-state index in [9.17, 15) is 0 Å². The standard InChI is InChI=1S/C83H56N2O2/c1-83(2)74-35-19-32-69-72-51-62(84(76-36-20-33-70-67-30-15-17-38-78(67)86-81(70)76)64-46-58(53-22-7-3-8-23-53)44-59(47-64)54-24-9-4-10-25-54)41-40-57(72)50-73(80(69)74)66-43-42-63(52-75(66)83)85(77-37-21-34-71-68-31-16-18-39-79(68)87-82(71)77)65-48-60(55-26-11-5-12-27-55)45-61(49-65)56-28-13-6-14-29-56/h3-52H,1-2H3. The van der Waals surface area contributed by atoms with Gasteiger partial charge in [0.2, 0.25) is 0 Å². The molecule has 410 valence electrons. The maximum atomic E-state index is 6.92. The Kier molecular flexibility index (Phi) is 11.6. The first-order valence-electron chi connectivity index (χ1n) is 30.0. The van der Waals surface area contributed by atoms with Crippen LogP contribution in [0.4, 0.5) is 34.1 Å². The summed E-state index contributed by atoms with van der Waals surface area (Å²) >= 11 is 0. The van der Waals surface area contributed by atoms with E-state index in [1.807, 2.05) is 0 Å². The summed E-state index contributed by atoms with van der Waals surface area (Å²) in [6, 6.07) is 110. The number of furan rings is 2. The van der Waals surface area contributed by atoms with Gasteiger partial charge in [0.1, 0.15) is 11.2 Å². The third kappa shape index (κ3) is 8.28. The van der Waals surface area contributed by atoms with Crippen molar-refractivity contribution in [2.45, 2.75) is 19.3 Å². The predicted molar refractivity (Wildman–Crippen MR) is 365 cm³/mol. The molecule has 87 heavy (non-hydrogen) atoms. The van der Waals surface area contributed by atoms with Crippen LogP contribution in [-0.2, 0) is 5.41 Å². The van der Waals surface area contributed by atoms with E-state index < -0.39 is 5.41 Å². The zero-order valence-corrected chi connectivity index (χ0v) is 48.1. The molecule has 0 bridgehead atoms. The van der Waals surface area contributed by atoms with Crippen LogP contribution >= 0.6 is 0 Å². The smallest absolute Gasteiger partial charge is 0.159 e. The molecule has 2 heterocycles. The molecule has 0 radical (unpaired) electrons. The summed E-state index contributed by atoms with van der Waals surface area (Å²) in [4.78, 5) is 4.84. The molecule has 14 aromatic carbocycles. The molecular weight excluding hydrogens is 1060 g/mol. The van der Waals surface area contributed by atoms with Crippen molar-refractivity contribution in [2.75, 3.05) is 9.80 Å². The highest BCUT2D eigenvalue weighted by molar-refractivity contribution is 6.19. The number of nitrogens with zero attached hydrogens (tertiary/aromatic N) is 2. The van der Waals surface area contributed by atoms with Crippen LogP contribution in [0.25, 0.3) is 121 Å². The van der Waals surface area contributed by atoms with E-state index in [1.165, 1.54) is 43.8 Å². The lowest BCUT2D eigenvalue weighted by Crippen LogP contribution is -2.24. The molecule has 0 amide bonds. The van der Waals surface area contributed by atoms with Gasteiger partial charge in [-0.05, 0) is 179 Å². The molecule has 0 unspecified atom stereocenters. The van der Waals surface area contributed by atoms with Crippen LogP contribution in [0.5, 0.6) is 0 Å². The van der Waals surface area contributed by atoms with E-state index in [4.69, 9.17) is 8.83 Å². The van der Waals surface area contributed by atoms with Gasteiger partial charge in [0.05, 0.1) is 11.4 Å².